The van der Waals surface area contributed by atoms with E-state index in [4.69, 9.17) is 11.6 Å². The van der Waals surface area contributed by atoms with Crippen LogP contribution in [0.4, 0.5) is 10.8 Å². The Morgan fingerprint density at radius 1 is 0.903 bits per heavy atom. The monoisotopic (exact) mass is 444 g/mol. The van der Waals surface area contributed by atoms with Crippen molar-refractivity contribution in [1.82, 2.24) is 15.2 Å². The lowest BCUT2D eigenvalue weighted by molar-refractivity contribution is 0.873. The van der Waals surface area contributed by atoms with Crippen LogP contribution < -0.4 is 5.32 Å². The molecular formula is C25H21ClN4S. The number of nitrogens with one attached hydrogen (secondary N) is 2. The number of hydrogen-bond acceptors (Lipinski definition) is 4. The van der Waals surface area contributed by atoms with Crippen LogP contribution in [0.5, 0.6) is 0 Å². The minimum Gasteiger partial charge on any atom is -0.352 e. The van der Waals surface area contributed by atoms with Gasteiger partial charge in [-0.2, -0.15) is 0 Å². The molecule has 0 aliphatic heterocycles. The second kappa shape index (κ2) is 8.17. The SMILES string of the molecule is CC(C)c1cccc2c(-c3ccc(Cl)cc3)c(-c3nnc(Nc4ccccc4)s3)[nH]c12. The second-order valence-corrected chi connectivity index (χ2v) is 9.12. The highest BCUT2D eigenvalue weighted by Crippen LogP contribution is 2.42. The first-order chi connectivity index (χ1) is 15.1. The van der Waals surface area contributed by atoms with Gasteiger partial charge in [0.1, 0.15) is 0 Å². The van der Waals surface area contributed by atoms with Crippen LogP contribution in [0.15, 0.2) is 72.8 Å². The predicted molar refractivity (Wildman–Crippen MR) is 131 cm³/mol. The molecule has 0 amide bonds. The first-order valence-electron chi connectivity index (χ1n) is 10.2. The van der Waals surface area contributed by atoms with E-state index in [1.54, 1.807) is 0 Å². The maximum atomic E-state index is 6.16. The molecule has 3 aromatic carbocycles. The van der Waals surface area contributed by atoms with Gasteiger partial charge in [-0.25, -0.2) is 0 Å². The Bertz CT molecular complexity index is 1340. The van der Waals surface area contributed by atoms with Gasteiger partial charge in [-0.15, -0.1) is 10.2 Å². The van der Waals surface area contributed by atoms with Crippen LogP contribution in [-0.4, -0.2) is 15.2 Å². The number of hydrogen-bond donors (Lipinski definition) is 2. The zero-order valence-electron chi connectivity index (χ0n) is 17.2. The van der Waals surface area contributed by atoms with Crippen LogP contribution in [0, 0.1) is 0 Å². The molecule has 0 radical (unpaired) electrons. The van der Waals surface area contributed by atoms with Crippen molar-refractivity contribution in [2.24, 2.45) is 0 Å². The molecule has 2 heterocycles. The lowest BCUT2D eigenvalue weighted by Gasteiger charge is -2.07. The summed E-state index contributed by atoms with van der Waals surface area (Å²) in [7, 11) is 0. The molecule has 4 nitrogen and oxygen atoms in total. The molecule has 0 fully saturated rings. The summed E-state index contributed by atoms with van der Waals surface area (Å²) in [4.78, 5) is 3.67. The van der Waals surface area contributed by atoms with Crippen molar-refractivity contribution >= 4 is 44.7 Å². The number of rotatable bonds is 5. The van der Waals surface area contributed by atoms with E-state index in [-0.39, 0.29) is 0 Å². The molecule has 2 N–H and O–H groups in total. The summed E-state index contributed by atoms with van der Waals surface area (Å²) in [5, 5.41) is 15.7. The number of halogens is 1. The van der Waals surface area contributed by atoms with Crippen molar-refractivity contribution in [3.8, 4) is 21.8 Å². The highest BCUT2D eigenvalue weighted by Gasteiger charge is 2.20. The summed E-state index contributed by atoms with van der Waals surface area (Å²) in [6, 6.07) is 24.4. The average Bonchev–Trinajstić information content (AvgIpc) is 3.39. The first kappa shape index (κ1) is 19.8. The van der Waals surface area contributed by atoms with Crippen LogP contribution in [0.3, 0.4) is 0 Å². The van der Waals surface area contributed by atoms with Crippen molar-refractivity contribution in [2.45, 2.75) is 19.8 Å². The molecule has 2 aromatic heterocycles. The molecule has 0 saturated heterocycles. The lowest BCUT2D eigenvalue weighted by atomic mass is 9.97. The number of aromatic amines is 1. The van der Waals surface area contributed by atoms with Crippen molar-refractivity contribution in [3.63, 3.8) is 0 Å². The maximum Gasteiger partial charge on any atom is 0.210 e. The van der Waals surface area contributed by atoms with Crippen LogP contribution in [0.2, 0.25) is 5.02 Å². The molecule has 0 saturated carbocycles. The Morgan fingerprint density at radius 3 is 2.42 bits per heavy atom. The predicted octanol–water partition coefficient (Wildman–Crippen LogP) is 7.87. The van der Waals surface area contributed by atoms with Gasteiger partial charge in [0.25, 0.3) is 0 Å². The molecule has 0 atom stereocenters. The second-order valence-electron chi connectivity index (χ2n) is 7.71. The highest BCUT2D eigenvalue weighted by atomic mass is 35.5. The fourth-order valence-electron chi connectivity index (χ4n) is 3.82. The molecule has 0 spiro atoms. The third-order valence-corrected chi connectivity index (χ3v) is 6.39. The summed E-state index contributed by atoms with van der Waals surface area (Å²) in [5.41, 5.74) is 6.61. The number of anilines is 2. The fourth-order valence-corrected chi connectivity index (χ4v) is 4.71. The van der Waals surface area contributed by atoms with Crippen LogP contribution >= 0.6 is 22.9 Å². The fraction of sp³-hybridized carbons (Fsp3) is 0.120. The van der Waals surface area contributed by atoms with Gasteiger partial charge >= 0.3 is 0 Å². The highest BCUT2D eigenvalue weighted by molar-refractivity contribution is 7.18. The smallest absolute Gasteiger partial charge is 0.210 e. The standard InChI is InChI=1S/C25H21ClN4S/c1-15(2)19-9-6-10-20-21(16-11-13-17(26)14-12-16)23(28-22(19)20)24-29-30-25(31-24)27-18-7-4-3-5-8-18/h3-15,28H,1-2H3,(H,27,30). The van der Waals surface area contributed by atoms with E-state index in [0.29, 0.717) is 5.92 Å². The summed E-state index contributed by atoms with van der Waals surface area (Å²) < 4.78 is 0. The minimum atomic E-state index is 0.401. The number of nitrogens with zero attached hydrogens (tertiary/aromatic N) is 2. The normalized spacial score (nSPS) is 11.4. The quantitative estimate of drug-likeness (QED) is 0.290. The van der Waals surface area contributed by atoms with E-state index in [9.17, 15) is 0 Å². The van der Waals surface area contributed by atoms with Crippen molar-refractivity contribution in [2.75, 3.05) is 5.32 Å². The van der Waals surface area contributed by atoms with Gasteiger partial charge in [0.2, 0.25) is 5.13 Å². The largest absolute Gasteiger partial charge is 0.352 e. The van der Waals surface area contributed by atoms with Gasteiger partial charge in [0.15, 0.2) is 5.01 Å². The molecule has 0 unspecified atom stereocenters. The molecule has 5 aromatic rings. The number of H-pyrrole nitrogens is 1. The van der Waals surface area contributed by atoms with E-state index in [1.165, 1.54) is 22.3 Å². The van der Waals surface area contributed by atoms with E-state index in [2.05, 4.69) is 64.7 Å². The van der Waals surface area contributed by atoms with E-state index in [1.807, 2.05) is 42.5 Å². The van der Waals surface area contributed by atoms with Crippen molar-refractivity contribution in [1.29, 1.82) is 0 Å². The summed E-state index contributed by atoms with van der Waals surface area (Å²) in [5.74, 6) is 0.401. The van der Waals surface area contributed by atoms with E-state index >= 15 is 0 Å². The van der Waals surface area contributed by atoms with Crippen LogP contribution in [0.1, 0.15) is 25.3 Å². The topological polar surface area (TPSA) is 53.6 Å². The molecule has 5 rings (SSSR count). The Morgan fingerprint density at radius 2 is 1.68 bits per heavy atom. The van der Waals surface area contributed by atoms with E-state index < -0.39 is 0 Å². The Labute approximate surface area is 189 Å². The van der Waals surface area contributed by atoms with Gasteiger partial charge < -0.3 is 10.3 Å². The number of para-hydroxylation sites is 2. The van der Waals surface area contributed by atoms with Crippen LogP contribution in [0.25, 0.3) is 32.7 Å². The number of benzene rings is 3. The number of fused-ring (bicyclic) bond motifs is 1. The van der Waals surface area contributed by atoms with Crippen molar-refractivity contribution < 1.29 is 0 Å². The summed E-state index contributed by atoms with van der Waals surface area (Å²) >= 11 is 7.69. The first-order valence-corrected chi connectivity index (χ1v) is 11.4. The van der Waals surface area contributed by atoms with Gasteiger partial charge in [0, 0.05) is 21.7 Å². The Hall–Kier alpha value is -3.15. The molecular weight excluding hydrogens is 424 g/mol. The van der Waals surface area contributed by atoms with Crippen molar-refractivity contribution in [3.05, 3.63) is 83.4 Å². The summed E-state index contributed by atoms with van der Waals surface area (Å²) in [6.45, 7) is 4.42. The third kappa shape index (κ3) is 3.82. The molecule has 0 aliphatic carbocycles. The van der Waals surface area contributed by atoms with Gasteiger partial charge in [-0.1, -0.05) is 85.3 Å². The minimum absolute atomic E-state index is 0.401. The van der Waals surface area contributed by atoms with Gasteiger partial charge in [-0.05, 0) is 41.3 Å². The molecule has 6 heteroatoms. The van der Waals surface area contributed by atoms with Crippen LogP contribution in [-0.2, 0) is 0 Å². The van der Waals surface area contributed by atoms with Gasteiger partial charge in [0.05, 0.1) is 11.2 Å². The zero-order valence-corrected chi connectivity index (χ0v) is 18.8. The zero-order chi connectivity index (χ0) is 21.4. The third-order valence-electron chi connectivity index (χ3n) is 5.28. The van der Waals surface area contributed by atoms with Gasteiger partial charge in [-0.3, -0.25) is 0 Å². The average molecular weight is 445 g/mol. The molecule has 0 bridgehead atoms. The Balaban J connectivity index is 1.67. The molecule has 0 aliphatic rings. The number of aromatic nitrogens is 3. The Kier molecular flexibility index (Phi) is 5.22. The molecule has 154 valence electrons. The molecule has 31 heavy (non-hydrogen) atoms. The lowest BCUT2D eigenvalue weighted by Crippen LogP contribution is -1.88. The maximum absolute atomic E-state index is 6.16. The van der Waals surface area contributed by atoms with E-state index in [0.717, 1.165) is 43.2 Å². The summed E-state index contributed by atoms with van der Waals surface area (Å²) in [6.07, 6.45) is 0.